The molecule has 318 valence electrons. The first kappa shape index (κ1) is 37.9. The largest absolute Gasteiger partial charge is 0.456 e. The number of hydrogen-bond donors (Lipinski definition) is 0. The molecule has 14 rings (SSSR count). The molecule has 3 heterocycles. The van der Waals surface area contributed by atoms with Crippen LogP contribution in [-0.2, 0) is 4.74 Å². The van der Waals surface area contributed by atoms with Gasteiger partial charge in [-0.05, 0) is 99.5 Å². The molecule has 8 aromatic carbocycles. The summed E-state index contributed by atoms with van der Waals surface area (Å²) in [5, 5.41) is 6.92. The van der Waals surface area contributed by atoms with Gasteiger partial charge in [0.15, 0.2) is 5.58 Å². The molecule has 1 aliphatic heterocycles. The van der Waals surface area contributed by atoms with E-state index in [2.05, 4.69) is 216 Å². The molecule has 5 heteroatoms. The molecule has 0 saturated carbocycles. The third-order valence-electron chi connectivity index (χ3n) is 14.1. The lowest BCUT2D eigenvalue weighted by molar-refractivity contribution is 0.0557. The van der Waals surface area contributed by atoms with Gasteiger partial charge in [-0.3, -0.25) is 0 Å². The fourth-order valence-corrected chi connectivity index (χ4v) is 11.2. The van der Waals surface area contributed by atoms with Gasteiger partial charge < -0.3 is 23.4 Å². The Bertz CT molecular complexity index is 3910. The van der Waals surface area contributed by atoms with Crippen LogP contribution in [0.15, 0.2) is 250 Å². The van der Waals surface area contributed by atoms with E-state index in [0.29, 0.717) is 6.42 Å². The highest BCUT2D eigenvalue weighted by atomic mass is 16.5. The van der Waals surface area contributed by atoms with Gasteiger partial charge in [0.05, 0.1) is 23.6 Å². The van der Waals surface area contributed by atoms with E-state index in [-0.39, 0.29) is 18.1 Å². The fourth-order valence-electron chi connectivity index (χ4n) is 11.2. The highest BCUT2D eigenvalue weighted by molar-refractivity contribution is 6.10. The number of fused-ring (bicyclic) bond motifs is 12. The van der Waals surface area contributed by atoms with E-state index < -0.39 is 0 Å². The maximum absolute atomic E-state index is 7.38. The first-order chi connectivity index (χ1) is 33.2. The SMILES string of the molecule is C1=CC2C(=c3ccccc3=C3C4=CC=C(N(c5ccccc5)c5cccc6c5oc5ccccc56)C[C@@H]4O[C@@H]32)C=C1N(c1ccc2c(c1)oc1ccccc12)c1ccccc1-c1ccccc1. The van der Waals surface area contributed by atoms with Gasteiger partial charge in [-0.2, -0.15) is 0 Å². The molecule has 1 saturated heterocycles. The molecule has 4 aliphatic rings. The predicted molar refractivity (Wildman–Crippen MR) is 273 cm³/mol. The van der Waals surface area contributed by atoms with Crippen molar-refractivity contribution in [2.24, 2.45) is 5.92 Å². The van der Waals surface area contributed by atoms with Crippen molar-refractivity contribution in [2.45, 2.75) is 18.6 Å². The first-order valence-electron chi connectivity index (χ1n) is 23.1. The summed E-state index contributed by atoms with van der Waals surface area (Å²) in [5.74, 6) is 0.0159. The van der Waals surface area contributed by atoms with Crippen LogP contribution in [0.4, 0.5) is 22.7 Å². The smallest absolute Gasteiger partial charge is 0.159 e. The van der Waals surface area contributed by atoms with E-state index in [1.807, 2.05) is 18.2 Å². The molecule has 0 N–H and O–H groups in total. The summed E-state index contributed by atoms with van der Waals surface area (Å²) in [4.78, 5) is 4.75. The van der Waals surface area contributed by atoms with E-state index in [1.165, 1.54) is 27.2 Å². The van der Waals surface area contributed by atoms with Crippen LogP contribution in [0, 0.1) is 5.92 Å². The molecular weight excluding hydrogens is 821 g/mol. The number of ether oxygens (including phenoxy) is 1. The third-order valence-corrected chi connectivity index (χ3v) is 14.1. The summed E-state index contributed by atoms with van der Waals surface area (Å²) in [6, 6.07) is 68.6. The minimum atomic E-state index is -0.149. The summed E-state index contributed by atoms with van der Waals surface area (Å²) in [7, 11) is 0. The Kier molecular flexibility index (Phi) is 8.55. The second kappa shape index (κ2) is 15.1. The molecule has 1 unspecified atom stereocenters. The molecule has 67 heavy (non-hydrogen) atoms. The number of hydrogen-bond acceptors (Lipinski definition) is 5. The summed E-state index contributed by atoms with van der Waals surface area (Å²) in [6.45, 7) is 0. The molecule has 0 bridgehead atoms. The Hall–Kier alpha value is -8.38. The Morgan fingerprint density at radius 3 is 2.01 bits per heavy atom. The Balaban J connectivity index is 0.916. The predicted octanol–water partition coefficient (Wildman–Crippen LogP) is 14.2. The van der Waals surface area contributed by atoms with Gasteiger partial charge in [0.1, 0.15) is 16.7 Å². The lowest BCUT2D eigenvalue weighted by atomic mass is 9.77. The van der Waals surface area contributed by atoms with Gasteiger partial charge in [-0.1, -0.05) is 152 Å². The van der Waals surface area contributed by atoms with Crippen LogP contribution in [-0.4, -0.2) is 12.2 Å². The zero-order chi connectivity index (χ0) is 44.0. The minimum absolute atomic E-state index is 0.0159. The average molecular weight is 863 g/mol. The monoisotopic (exact) mass is 862 g/mol. The lowest BCUT2D eigenvalue weighted by Crippen LogP contribution is -2.41. The zero-order valence-electron chi connectivity index (χ0n) is 36.4. The summed E-state index contributed by atoms with van der Waals surface area (Å²) >= 11 is 0. The number of benzene rings is 8. The van der Waals surface area contributed by atoms with Crippen molar-refractivity contribution < 1.29 is 13.6 Å². The maximum atomic E-state index is 7.38. The molecule has 1 fully saturated rings. The van der Waals surface area contributed by atoms with Crippen LogP contribution in [0.1, 0.15) is 6.42 Å². The molecule has 2 aromatic heterocycles. The molecule has 3 aliphatic carbocycles. The van der Waals surface area contributed by atoms with Gasteiger partial charge in [-0.15, -0.1) is 0 Å². The molecule has 3 atom stereocenters. The molecular formula is C62H42N2O3. The fraction of sp³-hybridized carbons (Fsp3) is 0.0645. The topological polar surface area (TPSA) is 42.0 Å². The number of anilines is 4. The van der Waals surface area contributed by atoms with Crippen molar-refractivity contribution in [3.8, 4) is 11.1 Å². The standard InChI is InChI=1S/C62H42N2O3/c1-3-16-39(17-4-1)44-20-9-12-26-54(44)64(43-30-33-48-46-22-10-13-28-56(46)65-58(48)37-43)41-31-34-51-53(36-41)45-21-7-8-24-49(45)60-52-35-32-42(38-59(52)67-62(51)60)63(40-18-5-2-6-19-40)55-27-15-25-50-47-23-11-14-29-57(47)66-61(50)55/h1-37,51,59,62H,38H2/t51?,59-,62+/m0/s1. The minimum Gasteiger partial charge on any atom is -0.456 e. The molecule has 0 radical (unpaired) electrons. The maximum Gasteiger partial charge on any atom is 0.159 e. The zero-order valence-corrected chi connectivity index (χ0v) is 36.4. The van der Waals surface area contributed by atoms with Crippen LogP contribution in [0.3, 0.4) is 0 Å². The van der Waals surface area contributed by atoms with Gasteiger partial charge in [0.25, 0.3) is 0 Å². The van der Waals surface area contributed by atoms with Crippen LogP contribution >= 0.6 is 0 Å². The number of nitrogens with zero attached hydrogens (tertiary/aromatic N) is 2. The van der Waals surface area contributed by atoms with E-state index in [1.54, 1.807) is 0 Å². The van der Waals surface area contributed by atoms with Crippen molar-refractivity contribution >= 4 is 77.8 Å². The van der Waals surface area contributed by atoms with Gasteiger partial charge >= 0.3 is 0 Å². The molecule has 0 amide bonds. The van der Waals surface area contributed by atoms with Crippen molar-refractivity contribution in [3.63, 3.8) is 0 Å². The van der Waals surface area contributed by atoms with E-state index >= 15 is 0 Å². The number of allylic oxidation sites excluding steroid dienone is 4. The van der Waals surface area contributed by atoms with Crippen molar-refractivity contribution in [1.29, 1.82) is 0 Å². The van der Waals surface area contributed by atoms with Crippen molar-refractivity contribution in [3.05, 3.63) is 252 Å². The van der Waals surface area contributed by atoms with Crippen LogP contribution in [0.2, 0.25) is 0 Å². The van der Waals surface area contributed by atoms with Gasteiger partial charge in [0.2, 0.25) is 0 Å². The Morgan fingerprint density at radius 2 is 1.16 bits per heavy atom. The number of furan rings is 2. The summed E-state index contributed by atoms with van der Waals surface area (Å²) in [5.41, 5.74) is 16.0. The molecule has 5 nitrogen and oxygen atoms in total. The highest BCUT2D eigenvalue weighted by Gasteiger charge is 2.44. The first-order valence-corrected chi connectivity index (χ1v) is 23.1. The Labute approximate surface area is 387 Å². The number of para-hydroxylation sites is 5. The third kappa shape index (κ3) is 5.98. The second-order valence-corrected chi connectivity index (χ2v) is 17.8. The van der Waals surface area contributed by atoms with Crippen LogP contribution in [0.25, 0.3) is 66.2 Å². The molecule has 0 spiro atoms. The quantitative estimate of drug-likeness (QED) is 0.160. The molecule has 10 aromatic rings. The van der Waals surface area contributed by atoms with Gasteiger partial charge in [0, 0.05) is 68.3 Å². The normalized spacial score (nSPS) is 18.3. The lowest BCUT2D eigenvalue weighted by Gasteiger charge is -2.34. The Morgan fingerprint density at radius 1 is 0.493 bits per heavy atom. The van der Waals surface area contributed by atoms with E-state index in [9.17, 15) is 0 Å². The summed E-state index contributed by atoms with van der Waals surface area (Å²) in [6.07, 6.45) is 12.1. The van der Waals surface area contributed by atoms with Crippen LogP contribution in [0.5, 0.6) is 0 Å². The van der Waals surface area contributed by atoms with Crippen molar-refractivity contribution in [1.82, 2.24) is 0 Å². The highest BCUT2D eigenvalue weighted by Crippen LogP contribution is 2.49. The average Bonchev–Trinajstić information content (AvgIpc) is 4.09. The van der Waals surface area contributed by atoms with E-state index in [4.69, 9.17) is 13.6 Å². The second-order valence-electron chi connectivity index (χ2n) is 17.8. The van der Waals surface area contributed by atoms with E-state index in [0.717, 1.165) is 89.1 Å². The summed E-state index contributed by atoms with van der Waals surface area (Å²) < 4.78 is 20.5. The van der Waals surface area contributed by atoms with Crippen LogP contribution < -0.4 is 20.2 Å². The van der Waals surface area contributed by atoms with Gasteiger partial charge in [-0.25, -0.2) is 0 Å². The number of rotatable bonds is 7. The van der Waals surface area contributed by atoms with Crippen molar-refractivity contribution in [2.75, 3.05) is 9.80 Å².